The summed E-state index contributed by atoms with van der Waals surface area (Å²) in [6, 6.07) is 0.888. The summed E-state index contributed by atoms with van der Waals surface area (Å²) in [5, 5.41) is 0. The Morgan fingerprint density at radius 1 is 0.933 bits per heavy atom. The third-order valence-electron chi connectivity index (χ3n) is 2.98. The summed E-state index contributed by atoms with van der Waals surface area (Å²) >= 11 is 0. The second kappa shape index (κ2) is 9.17. The molecule has 0 bridgehead atoms. The maximum atomic E-state index is 2.36. The highest BCUT2D eigenvalue weighted by atomic mass is 15.1. The van der Waals surface area contributed by atoms with Crippen molar-refractivity contribution in [1.82, 2.24) is 9.80 Å². The molecule has 0 aliphatic heterocycles. The van der Waals surface area contributed by atoms with Crippen LogP contribution in [0.4, 0.5) is 0 Å². The average molecular weight is 214 g/mol. The van der Waals surface area contributed by atoms with Crippen molar-refractivity contribution in [2.75, 3.05) is 34.7 Å². The van der Waals surface area contributed by atoms with E-state index in [0.717, 1.165) is 6.04 Å². The predicted octanol–water partition coefficient (Wildman–Crippen LogP) is 2.84. The molecule has 1 fully saturated rings. The topological polar surface area (TPSA) is 6.48 Å². The van der Waals surface area contributed by atoms with Gasteiger partial charge in [0.05, 0.1) is 0 Å². The second-order valence-corrected chi connectivity index (χ2v) is 5.06. The fourth-order valence-electron chi connectivity index (χ4n) is 2.04. The summed E-state index contributed by atoms with van der Waals surface area (Å²) in [6.07, 6.45) is 8.46. The lowest BCUT2D eigenvalue weighted by molar-refractivity contribution is 0.229. The van der Waals surface area contributed by atoms with Gasteiger partial charge in [-0.15, -0.1) is 0 Å². The number of hydrogen-bond acceptors (Lipinski definition) is 2. The van der Waals surface area contributed by atoms with Crippen LogP contribution in [0, 0.1) is 0 Å². The number of nitrogens with zero attached hydrogens (tertiary/aromatic N) is 2. The van der Waals surface area contributed by atoms with Crippen molar-refractivity contribution in [2.24, 2.45) is 0 Å². The van der Waals surface area contributed by atoms with Gasteiger partial charge in [-0.3, -0.25) is 0 Å². The van der Waals surface area contributed by atoms with Crippen molar-refractivity contribution in [3.05, 3.63) is 0 Å². The van der Waals surface area contributed by atoms with Gasteiger partial charge in [0.1, 0.15) is 0 Å². The summed E-state index contributed by atoms with van der Waals surface area (Å²) in [6.45, 7) is 3.39. The van der Waals surface area contributed by atoms with Gasteiger partial charge in [0.25, 0.3) is 0 Å². The van der Waals surface area contributed by atoms with E-state index in [-0.39, 0.29) is 0 Å². The van der Waals surface area contributed by atoms with E-state index in [1.54, 1.807) is 0 Å². The first-order valence-corrected chi connectivity index (χ1v) is 6.39. The van der Waals surface area contributed by atoms with Crippen LogP contribution in [0.5, 0.6) is 0 Å². The molecule has 2 heteroatoms. The molecule has 0 aromatic heterocycles. The van der Waals surface area contributed by atoms with Crippen molar-refractivity contribution in [2.45, 2.75) is 51.5 Å². The Bertz CT molecular complexity index is 126. The Morgan fingerprint density at radius 2 is 1.47 bits per heavy atom. The Labute approximate surface area is 96.6 Å². The smallest absolute Gasteiger partial charge is 0.00891 e. The van der Waals surface area contributed by atoms with Crippen LogP contribution >= 0.6 is 0 Å². The van der Waals surface area contributed by atoms with E-state index in [1.807, 2.05) is 0 Å². The molecule has 15 heavy (non-hydrogen) atoms. The van der Waals surface area contributed by atoms with Crippen molar-refractivity contribution < 1.29 is 0 Å². The predicted molar refractivity (Wildman–Crippen MR) is 69.4 cm³/mol. The molecule has 92 valence electrons. The lowest BCUT2D eigenvalue weighted by Crippen LogP contribution is -2.29. The molecule has 0 N–H and O–H groups in total. The Hall–Kier alpha value is -0.0800. The van der Waals surface area contributed by atoms with Crippen molar-refractivity contribution >= 4 is 0 Å². The van der Waals surface area contributed by atoms with Crippen molar-refractivity contribution in [3.63, 3.8) is 0 Å². The Balaban J connectivity index is 0.000000288. The molecule has 0 radical (unpaired) electrons. The first-order valence-electron chi connectivity index (χ1n) is 6.39. The van der Waals surface area contributed by atoms with Gasteiger partial charge >= 0.3 is 0 Å². The summed E-state index contributed by atoms with van der Waals surface area (Å²) in [7, 11) is 8.55. The maximum Gasteiger partial charge on any atom is 0.00891 e. The molecule has 0 atom stereocenters. The SMILES string of the molecule is CCCN(C)C.CN(C)C1CCCCC1. The fourth-order valence-corrected chi connectivity index (χ4v) is 2.04. The van der Waals surface area contributed by atoms with E-state index in [4.69, 9.17) is 0 Å². The molecule has 0 aromatic carbocycles. The van der Waals surface area contributed by atoms with Crippen molar-refractivity contribution in [1.29, 1.82) is 0 Å². The van der Waals surface area contributed by atoms with E-state index in [9.17, 15) is 0 Å². The van der Waals surface area contributed by atoms with Crippen molar-refractivity contribution in [3.8, 4) is 0 Å². The zero-order valence-corrected chi connectivity index (χ0v) is 11.4. The summed E-state index contributed by atoms with van der Waals surface area (Å²) < 4.78 is 0. The molecule has 0 unspecified atom stereocenters. The van der Waals surface area contributed by atoms with Crippen LogP contribution in [0.1, 0.15) is 45.4 Å². The third kappa shape index (κ3) is 8.88. The summed E-state index contributed by atoms with van der Waals surface area (Å²) in [5.74, 6) is 0. The number of rotatable bonds is 3. The molecular weight excluding hydrogens is 184 g/mol. The highest BCUT2D eigenvalue weighted by Gasteiger charge is 2.13. The van der Waals surface area contributed by atoms with Crippen LogP contribution in [0.15, 0.2) is 0 Å². The number of hydrogen-bond donors (Lipinski definition) is 0. The largest absolute Gasteiger partial charge is 0.309 e. The van der Waals surface area contributed by atoms with Gasteiger partial charge < -0.3 is 9.80 Å². The molecular formula is C13H30N2. The monoisotopic (exact) mass is 214 g/mol. The minimum absolute atomic E-state index is 0.888. The molecule has 1 aliphatic rings. The van der Waals surface area contributed by atoms with Gasteiger partial charge in [-0.25, -0.2) is 0 Å². The van der Waals surface area contributed by atoms with Crippen LogP contribution < -0.4 is 0 Å². The fraction of sp³-hybridized carbons (Fsp3) is 1.00. The lowest BCUT2D eigenvalue weighted by atomic mass is 9.95. The van der Waals surface area contributed by atoms with Crippen LogP contribution in [0.2, 0.25) is 0 Å². The highest BCUT2D eigenvalue weighted by Crippen LogP contribution is 2.20. The zero-order chi connectivity index (χ0) is 11.7. The molecule has 0 heterocycles. The Kier molecular flexibility index (Phi) is 9.12. The van der Waals surface area contributed by atoms with Gasteiger partial charge in [0, 0.05) is 6.04 Å². The molecule has 2 nitrogen and oxygen atoms in total. The average Bonchev–Trinajstić information content (AvgIpc) is 2.20. The minimum Gasteiger partial charge on any atom is -0.309 e. The van der Waals surface area contributed by atoms with Gasteiger partial charge in [-0.05, 0) is 54.0 Å². The van der Waals surface area contributed by atoms with E-state index in [1.165, 1.54) is 45.1 Å². The summed E-state index contributed by atoms with van der Waals surface area (Å²) in [5.41, 5.74) is 0. The van der Waals surface area contributed by atoms with E-state index in [2.05, 4.69) is 44.9 Å². The van der Waals surface area contributed by atoms with E-state index < -0.39 is 0 Å². The minimum atomic E-state index is 0.888. The molecule has 1 rings (SSSR count). The van der Waals surface area contributed by atoms with Gasteiger partial charge in [0.15, 0.2) is 0 Å². The van der Waals surface area contributed by atoms with Gasteiger partial charge in [-0.2, -0.15) is 0 Å². The molecule has 0 aromatic rings. The Morgan fingerprint density at radius 3 is 1.67 bits per heavy atom. The zero-order valence-electron chi connectivity index (χ0n) is 11.4. The summed E-state index contributed by atoms with van der Waals surface area (Å²) in [4.78, 5) is 4.54. The molecule has 1 saturated carbocycles. The lowest BCUT2D eigenvalue weighted by Gasteiger charge is -2.27. The third-order valence-corrected chi connectivity index (χ3v) is 2.98. The highest BCUT2D eigenvalue weighted by molar-refractivity contribution is 4.70. The first-order chi connectivity index (χ1) is 7.07. The van der Waals surface area contributed by atoms with Crippen LogP contribution in [-0.2, 0) is 0 Å². The quantitative estimate of drug-likeness (QED) is 0.713. The maximum absolute atomic E-state index is 2.36. The molecule has 1 aliphatic carbocycles. The normalized spacial score (nSPS) is 17.8. The molecule has 0 spiro atoms. The van der Waals surface area contributed by atoms with Crippen LogP contribution in [-0.4, -0.2) is 50.6 Å². The van der Waals surface area contributed by atoms with Crippen LogP contribution in [0.3, 0.4) is 0 Å². The van der Waals surface area contributed by atoms with Gasteiger partial charge in [-0.1, -0.05) is 26.2 Å². The van der Waals surface area contributed by atoms with E-state index in [0.29, 0.717) is 0 Å². The second-order valence-electron chi connectivity index (χ2n) is 5.06. The molecule has 0 saturated heterocycles. The van der Waals surface area contributed by atoms with E-state index >= 15 is 0 Å². The standard InChI is InChI=1S/C8H17N.C5H13N/c1-9(2)8-6-4-3-5-7-8;1-4-5-6(2)3/h8H,3-7H2,1-2H3;4-5H2,1-3H3. The van der Waals surface area contributed by atoms with Crippen LogP contribution in [0.25, 0.3) is 0 Å². The first kappa shape index (κ1) is 14.9. The van der Waals surface area contributed by atoms with Gasteiger partial charge in [0.2, 0.25) is 0 Å². The molecule has 0 amide bonds.